The average molecular weight is 612 g/mol. The van der Waals surface area contributed by atoms with E-state index in [0.717, 1.165) is 19.3 Å². The molecule has 2 saturated heterocycles. The summed E-state index contributed by atoms with van der Waals surface area (Å²) in [5, 5.41) is 3.10. The van der Waals surface area contributed by atoms with Gasteiger partial charge in [-0.05, 0) is 119 Å². The largest absolute Gasteiger partial charge is 0.497 e. The zero-order valence-electron chi connectivity index (χ0n) is 26.1. The quantitative estimate of drug-likeness (QED) is 0.374. The van der Waals surface area contributed by atoms with Crippen LogP contribution < -0.4 is 10.1 Å². The van der Waals surface area contributed by atoms with E-state index in [4.69, 9.17) is 9.47 Å². The van der Waals surface area contributed by atoms with E-state index in [1.54, 1.807) is 33.1 Å². The molecule has 5 rings (SSSR count). The fourth-order valence-electron chi connectivity index (χ4n) is 7.49. The Morgan fingerprint density at radius 2 is 1.63 bits per heavy atom. The van der Waals surface area contributed by atoms with E-state index in [9.17, 15) is 13.2 Å². The zero-order chi connectivity index (χ0) is 30.4. The molecular weight excluding hydrogens is 562 g/mol. The summed E-state index contributed by atoms with van der Waals surface area (Å²) in [6.45, 7) is 7.32. The molecule has 1 aliphatic carbocycles. The Morgan fingerprint density at radius 3 is 2.28 bits per heavy atom. The first-order chi connectivity index (χ1) is 20.8. The molecule has 0 radical (unpaired) electrons. The van der Waals surface area contributed by atoms with Crippen LogP contribution in [0.2, 0.25) is 0 Å². The van der Waals surface area contributed by atoms with E-state index < -0.39 is 10.0 Å². The van der Waals surface area contributed by atoms with E-state index in [0.29, 0.717) is 59.2 Å². The van der Waals surface area contributed by atoms with Crippen molar-refractivity contribution < 1.29 is 22.7 Å². The number of ether oxygens (including phenoxy) is 2. The van der Waals surface area contributed by atoms with Crippen molar-refractivity contribution in [3.63, 3.8) is 0 Å². The molecule has 9 heteroatoms. The van der Waals surface area contributed by atoms with Gasteiger partial charge in [0, 0.05) is 25.7 Å². The monoisotopic (exact) mass is 611 g/mol. The number of amides is 1. The second-order valence-electron chi connectivity index (χ2n) is 12.7. The second kappa shape index (κ2) is 14.5. The number of methoxy groups -OCH3 is 1. The van der Waals surface area contributed by atoms with Crippen molar-refractivity contribution in [3.8, 4) is 5.75 Å². The molecule has 1 N–H and O–H groups in total. The van der Waals surface area contributed by atoms with Crippen molar-refractivity contribution in [2.24, 2.45) is 11.8 Å². The van der Waals surface area contributed by atoms with Gasteiger partial charge >= 0.3 is 0 Å². The smallest absolute Gasteiger partial charge is 0.246 e. The highest BCUT2D eigenvalue weighted by molar-refractivity contribution is 7.89. The highest BCUT2D eigenvalue weighted by atomic mass is 32.2. The lowest BCUT2D eigenvalue weighted by atomic mass is 9.76. The first-order valence-corrected chi connectivity index (χ1v) is 17.5. The molecular formula is C34H49N3O5S. The number of hydrogen-bond acceptors (Lipinski definition) is 6. The number of piperidine rings is 1. The minimum absolute atomic E-state index is 0.0421. The van der Waals surface area contributed by atoms with Crippen LogP contribution in [0.4, 0.5) is 0 Å². The van der Waals surface area contributed by atoms with E-state index in [-0.39, 0.29) is 25.2 Å². The lowest BCUT2D eigenvalue weighted by Crippen LogP contribution is -2.44. The molecule has 1 amide bonds. The number of carbonyl (C=O) groups excluding carboxylic acids is 1. The molecule has 3 fully saturated rings. The maximum atomic E-state index is 13.6. The third kappa shape index (κ3) is 7.80. The molecule has 3 aliphatic rings. The number of sulfonamides is 1. The van der Waals surface area contributed by atoms with Gasteiger partial charge in [-0.2, -0.15) is 4.31 Å². The lowest BCUT2D eigenvalue weighted by molar-refractivity contribution is -0.128. The summed E-state index contributed by atoms with van der Waals surface area (Å²) in [5.74, 6) is 1.67. The predicted octanol–water partition coefficient (Wildman–Crippen LogP) is 5.24. The predicted molar refractivity (Wildman–Crippen MR) is 169 cm³/mol. The number of rotatable bonds is 11. The van der Waals surface area contributed by atoms with Crippen LogP contribution in [-0.2, 0) is 19.6 Å². The van der Waals surface area contributed by atoms with Crippen molar-refractivity contribution >= 4 is 15.9 Å². The summed E-state index contributed by atoms with van der Waals surface area (Å²) >= 11 is 0. The molecule has 2 aromatic carbocycles. The zero-order valence-corrected chi connectivity index (χ0v) is 26.9. The maximum absolute atomic E-state index is 13.6. The first kappa shape index (κ1) is 31.9. The third-order valence-corrected chi connectivity index (χ3v) is 11.8. The Bertz CT molecular complexity index is 1300. The number of nitrogens with one attached hydrogen (secondary N) is 1. The van der Waals surface area contributed by atoms with Crippen LogP contribution >= 0.6 is 0 Å². The molecule has 2 heterocycles. The van der Waals surface area contributed by atoms with Crippen LogP contribution in [0.1, 0.15) is 74.1 Å². The number of nitrogens with zero attached hydrogens (tertiary/aromatic N) is 2. The van der Waals surface area contributed by atoms with Crippen molar-refractivity contribution in [3.05, 3.63) is 59.2 Å². The topological polar surface area (TPSA) is 88.2 Å². The second-order valence-corrected chi connectivity index (χ2v) is 14.6. The van der Waals surface area contributed by atoms with Gasteiger partial charge in [0.2, 0.25) is 15.9 Å². The van der Waals surface area contributed by atoms with Gasteiger partial charge in [-0.25, -0.2) is 8.42 Å². The summed E-state index contributed by atoms with van der Waals surface area (Å²) in [7, 11) is -2.11. The molecule has 2 unspecified atom stereocenters. The molecule has 1 saturated carbocycles. The summed E-state index contributed by atoms with van der Waals surface area (Å²) in [6, 6.07) is 15.0. The Balaban J connectivity index is 1.07. The highest BCUT2D eigenvalue weighted by Gasteiger charge is 2.35. The van der Waals surface area contributed by atoms with Gasteiger partial charge in [0.15, 0.2) is 0 Å². The molecule has 0 aromatic heterocycles. The van der Waals surface area contributed by atoms with Crippen molar-refractivity contribution in [2.75, 3.05) is 46.4 Å². The van der Waals surface area contributed by atoms with Gasteiger partial charge < -0.3 is 14.8 Å². The molecule has 0 spiro atoms. The van der Waals surface area contributed by atoms with Crippen molar-refractivity contribution in [1.82, 2.24) is 14.5 Å². The van der Waals surface area contributed by atoms with Crippen LogP contribution in [0.25, 0.3) is 0 Å². The number of likely N-dealkylation sites (tertiary alicyclic amines) is 1. The van der Waals surface area contributed by atoms with Gasteiger partial charge in [0.1, 0.15) is 12.4 Å². The first-order valence-electron chi connectivity index (χ1n) is 16.1. The highest BCUT2D eigenvalue weighted by Crippen LogP contribution is 2.41. The van der Waals surface area contributed by atoms with E-state index in [1.165, 1.54) is 48.6 Å². The van der Waals surface area contributed by atoms with Crippen LogP contribution in [0.15, 0.2) is 47.4 Å². The summed E-state index contributed by atoms with van der Waals surface area (Å²) in [5.41, 5.74) is 2.78. The summed E-state index contributed by atoms with van der Waals surface area (Å²) < 4.78 is 39.9. The molecule has 43 heavy (non-hydrogen) atoms. The van der Waals surface area contributed by atoms with Gasteiger partial charge in [0.25, 0.3) is 0 Å². The number of aryl methyl sites for hydroxylation is 2. The van der Waals surface area contributed by atoms with Crippen LogP contribution in [0.5, 0.6) is 5.75 Å². The third-order valence-electron chi connectivity index (χ3n) is 9.66. The number of carbonyl (C=O) groups is 1. The summed E-state index contributed by atoms with van der Waals surface area (Å²) in [6.07, 6.45) is 8.36. The fraction of sp³-hybridized carbons (Fsp3) is 0.618. The molecule has 236 valence electrons. The maximum Gasteiger partial charge on any atom is 0.246 e. The molecule has 2 atom stereocenters. The Morgan fingerprint density at radius 1 is 0.953 bits per heavy atom. The van der Waals surface area contributed by atoms with E-state index >= 15 is 0 Å². The lowest BCUT2D eigenvalue weighted by Gasteiger charge is -2.39. The summed E-state index contributed by atoms with van der Waals surface area (Å²) in [4.78, 5) is 15.7. The van der Waals surface area contributed by atoms with Gasteiger partial charge in [0.05, 0.1) is 18.1 Å². The molecule has 2 aliphatic heterocycles. The fourth-order valence-corrected chi connectivity index (χ4v) is 9.41. The average Bonchev–Trinajstić information content (AvgIpc) is 3.54. The minimum atomic E-state index is -3.68. The standard InChI is InChI=1S/C34H49N3O5S/c1-25-20-31(41-3)21-26(2)34(25)43(39,40)37-19-9-12-30(23-37)42-24-32(38)35-22-27-13-15-29(16-14-27)33(36-17-7-8-18-36)28-10-5-4-6-11-28/h4-6,10-11,20-21,27,29-30,33H,7-9,12-19,22-24H2,1-3H3,(H,35,38). The van der Waals surface area contributed by atoms with Gasteiger partial charge in [-0.15, -0.1) is 0 Å². The van der Waals surface area contributed by atoms with Crippen molar-refractivity contribution in [2.45, 2.75) is 82.3 Å². The van der Waals surface area contributed by atoms with Crippen LogP contribution in [-0.4, -0.2) is 76.1 Å². The van der Waals surface area contributed by atoms with E-state index in [1.807, 2.05) is 0 Å². The Kier molecular flexibility index (Phi) is 10.8. The molecule has 8 nitrogen and oxygen atoms in total. The normalized spacial score (nSPS) is 24.5. The van der Waals surface area contributed by atoms with Gasteiger partial charge in [-0.1, -0.05) is 30.3 Å². The van der Waals surface area contributed by atoms with Crippen LogP contribution in [0.3, 0.4) is 0 Å². The van der Waals surface area contributed by atoms with Gasteiger partial charge in [-0.3, -0.25) is 9.69 Å². The number of hydrogen-bond donors (Lipinski definition) is 1. The van der Waals surface area contributed by atoms with Crippen LogP contribution in [0, 0.1) is 25.7 Å². The van der Waals surface area contributed by atoms with Crippen molar-refractivity contribution in [1.29, 1.82) is 0 Å². The van der Waals surface area contributed by atoms with E-state index in [2.05, 4.69) is 40.5 Å². The SMILES string of the molecule is COc1cc(C)c(S(=O)(=O)N2CCCC(OCC(=O)NCC3CCC(C(c4ccccc4)N4CCCC4)CC3)C2)c(C)c1. The Hall–Kier alpha value is -2.46. The molecule has 0 bridgehead atoms. The Labute approximate surface area is 258 Å². The molecule has 2 aromatic rings. The minimum Gasteiger partial charge on any atom is -0.497 e. The number of benzene rings is 2.